The van der Waals surface area contributed by atoms with Crippen molar-refractivity contribution in [2.45, 2.75) is 45.2 Å². The lowest BCUT2D eigenvalue weighted by molar-refractivity contribution is -0.140. The Bertz CT molecular complexity index is 383. The molecule has 1 fully saturated rings. The van der Waals surface area contributed by atoms with Gasteiger partial charge in [0.05, 0.1) is 18.1 Å². The van der Waals surface area contributed by atoms with Crippen molar-refractivity contribution in [2.24, 2.45) is 0 Å². The van der Waals surface area contributed by atoms with Crippen LogP contribution >= 0.6 is 0 Å². The quantitative estimate of drug-likeness (QED) is 0.813. The van der Waals surface area contributed by atoms with Gasteiger partial charge in [0.2, 0.25) is 0 Å². The highest BCUT2D eigenvalue weighted by Gasteiger charge is 2.35. The fourth-order valence-electron chi connectivity index (χ4n) is 2.30. The zero-order chi connectivity index (χ0) is 13.3. The first-order chi connectivity index (χ1) is 7.62. The molecule has 1 unspecified atom stereocenters. The lowest BCUT2D eigenvalue weighted by atomic mass is 10.0. The summed E-state index contributed by atoms with van der Waals surface area (Å²) >= 11 is 0. The Hall–Kier alpha value is -0.620. The highest BCUT2D eigenvalue weighted by Crippen LogP contribution is 2.24. The first kappa shape index (κ1) is 14.4. The van der Waals surface area contributed by atoms with Crippen molar-refractivity contribution in [3.8, 4) is 0 Å². The van der Waals surface area contributed by atoms with Crippen molar-refractivity contribution in [2.75, 3.05) is 18.1 Å². The number of sulfone groups is 1. The number of hydrogen-bond acceptors (Lipinski definition) is 4. The van der Waals surface area contributed by atoms with Gasteiger partial charge in [0, 0.05) is 11.6 Å². The van der Waals surface area contributed by atoms with Crippen LogP contribution in [0.4, 0.5) is 0 Å². The van der Waals surface area contributed by atoms with Crippen LogP contribution in [-0.4, -0.2) is 54.0 Å². The molecule has 0 radical (unpaired) electrons. The number of hydrogen-bond donors (Lipinski definition) is 1. The van der Waals surface area contributed by atoms with Crippen LogP contribution in [0.3, 0.4) is 0 Å². The van der Waals surface area contributed by atoms with Gasteiger partial charge in [-0.1, -0.05) is 0 Å². The molecule has 1 heterocycles. The van der Waals surface area contributed by atoms with Gasteiger partial charge in [0.1, 0.15) is 0 Å². The van der Waals surface area contributed by atoms with Crippen molar-refractivity contribution in [3.05, 3.63) is 0 Å². The van der Waals surface area contributed by atoms with E-state index in [-0.39, 0.29) is 29.6 Å². The van der Waals surface area contributed by atoms with Gasteiger partial charge in [-0.05, 0) is 33.6 Å². The van der Waals surface area contributed by atoms with Crippen molar-refractivity contribution in [1.82, 2.24) is 4.90 Å². The number of carboxylic acid groups (broad SMARTS) is 1. The van der Waals surface area contributed by atoms with Gasteiger partial charge in [0.15, 0.2) is 9.84 Å². The number of nitrogens with zero attached hydrogens (tertiary/aromatic N) is 1. The average Bonchev–Trinajstić information content (AvgIpc) is 2.10. The fourth-order valence-corrected chi connectivity index (χ4v) is 4.01. The molecule has 0 spiro atoms. The van der Waals surface area contributed by atoms with E-state index < -0.39 is 15.8 Å². The third-order valence-corrected chi connectivity index (χ3v) is 4.85. The maximum absolute atomic E-state index is 11.6. The molecule has 17 heavy (non-hydrogen) atoms. The molecule has 0 saturated carbocycles. The molecule has 1 aliphatic rings. The minimum absolute atomic E-state index is 0.0809. The predicted molar refractivity (Wildman–Crippen MR) is 65.8 cm³/mol. The van der Waals surface area contributed by atoms with Crippen LogP contribution < -0.4 is 0 Å². The van der Waals surface area contributed by atoms with Gasteiger partial charge in [0.25, 0.3) is 0 Å². The van der Waals surface area contributed by atoms with E-state index in [4.69, 9.17) is 5.11 Å². The van der Waals surface area contributed by atoms with Crippen LogP contribution in [0.15, 0.2) is 0 Å². The monoisotopic (exact) mass is 263 g/mol. The van der Waals surface area contributed by atoms with E-state index in [2.05, 4.69) is 0 Å². The van der Waals surface area contributed by atoms with E-state index in [0.29, 0.717) is 6.42 Å². The highest BCUT2D eigenvalue weighted by atomic mass is 32.2. The number of rotatable bonds is 3. The van der Waals surface area contributed by atoms with Gasteiger partial charge in [-0.25, -0.2) is 8.42 Å². The van der Waals surface area contributed by atoms with Crippen molar-refractivity contribution < 1.29 is 18.3 Å². The van der Waals surface area contributed by atoms with E-state index in [1.807, 2.05) is 20.8 Å². The molecular weight excluding hydrogens is 242 g/mol. The molecule has 0 aromatic carbocycles. The molecule has 0 aliphatic carbocycles. The summed E-state index contributed by atoms with van der Waals surface area (Å²) < 4.78 is 23.2. The van der Waals surface area contributed by atoms with Crippen LogP contribution in [0, 0.1) is 0 Å². The Kier molecular flexibility index (Phi) is 4.19. The molecule has 5 nitrogen and oxygen atoms in total. The van der Waals surface area contributed by atoms with Crippen molar-refractivity contribution >= 4 is 15.8 Å². The Morgan fingerprint density at radius 3 is 2.41 bits per heavy atom. The summed E-state index contributed by atoms with van der Waals surface area (Å²) in [7, 11) is -3.01. The second kappa shape index (κ2) is 4.94. The molecule has 1 N–H and O–H groups in total. The number of aliphatic carboxylic acids is 1. The maximum Gasteiger partial charge on any atom is 0.317 e. The summed E-state index contributed by atoms with van der Waals surface area (Å²) in [5.41, 5.74) is -0.337. The molecule has 1 aliphatic heterocycles. The largest absolute Gasteiger partial charge is 0.480 e. The molecule has 0 amide bonds. The molecular formula is C11H21NO4S. The Morgan fingerprint density at radius 1 is 1.41 bits per heavy atom. The minimum Gasteiger partial charge on any atom is -0.480 e. The summed E-state index contributed by atoms with van der Waals surface area (Å²) in [6, 6.07) is -0.176. The molecule has 0 bridgehead atoms. The first-order valence-corrected chi connectivity index (χ1v) is 7.63. The minimum atomic E-state index is -3.01. The zero-order valence-electron chi connectivity index (χ0n) is 10.6. The summed E-state index contributed by atoms with van der Waals surface area (Å²) in [5, 5.41) is 8.92. The molecule has 1 saturated heterocycles. The lowest BCUT2D eigenvalue weighted by Crippen LogP contribution is -2.54. The van der Waals surface area contributed by atoms with Crippen LogP contribution in [0.25, 0.3) is 0 Å². The van der Waals surface area contributed by atoms with E-state index in [1.54, 1.807) is 4.90 Å². The Morgan fingerprint density at radius 2 is 2.00 bits per heavy atom. The molecule has 0 aromatic heterocycles. The van der Waals surface area contributed by atoms with Gasteiger partial charge < -0.3 is 5.11 Å². The second-order valence-corrected chi connectivity index (χ2v) is 7.83. The third kappa shape index (κ3) is 4.27. The van der Waals surface area contributed by atoms with E-state index in [9.17, 15) is 13.2 Å². The van der Waals surface area contributed by atoms with E-state index in [1.165, 1.54) is 0 Å². The van der Waals surface area contributed by atoms with Gasteiger partial charge in [-0.3, -0.25) is 9.69 Å². The normalized spacial score (nSPS) is 24.8. The summed E-state index contributed by atoms with van der Waals surface area (Å²) in [4.78, 5) is 12.7. The smallest absolute Gasteiger partial charge is 0.317 e. The van der Waals surface area contributed by atoms with Gasteiger partial charge >= 0.3 is 5.97 Å². The standard InChI is InChI=1S/C11H21NO4S/c1-11(2,3)12(7-10(13)14)9-5-4-6-17(15,16)8-9/h9H,4-8H2,1-3H3,(H,13,14). The molecule has 6 heteroatoms. The molecule has 100 valence electrons. The highest BCUT2D eigenvalue weighted by molar-refractivity contribution is 7.91. The van der Waals surface area contributed by atoms with E-state index in [0.717, 1.165) is 6.42 Å². The molecule has 1 rings (SSSR count). The summed E-state index contributed by atoms with van der Waals surface area (Å²) in [5.74, 6) is -0.602. The van der Waals surface area contributed by atoms with Crippen molar-refractivity contribution in [1.29, 1.82) is 0 Å². The zero-order valence-corrected chi connectivity index (χ0v) is 11.5. The predicted octanol–water partition coefficient (Wildman–Crippen LogP) is 0.749. The van der Waals surface area contributed by atoms with Crippen LogP contribution in [-0.2, 0) is 14.6 Å². The third-order valence-electron chi connectivity index (χ3n) is 3.05. The Labute approximate surface area is 103 Å². The number of carbonyl (C=O) groups is 1. The summed E-state index contributed by atoms with van der Waals surface area (Å²) in [6.45, 7) is 5.63. The van der Waals surface area contributed by atoms with Crippen LogP contribution in [0.1, 0.15) is 33.6 Å². The molecule has 1 atom stereocenters. The van der Waals surface area contributed by atoms with Gasteiger partial charge in [-0.2, -0.15) is 0 Å². The second-order valence-electron chi connectivity index (χ2n) is 5.60. The van der Waals surface area contributed by atoms with Crippen molar-refractivity contribution in [3.63, 3.8) is 0 Å². The summed E-state index contributed by atoms with van der Waals surface area (Å²) in [6.07, 6.45) is 1.38. The lowest BCUT2D eigenvalue weighted by Gasteiger charge is -2.42. The first-order valence-electron chi connectivity index (χ1n) is 5.81. The number of carboxylic acids is 1. The topological polar surface area (TPSA) is 74.7 Å². The van der Waals surface area contributed by atoms with Crippen LogP contribution in [0.5, 0.6) is 0 Å². The van der Waals surface area contributed by atoms with E-state index >= 15 is 0 Å². The fraction of sp³-hybridized carbons (Fsp3) is 0.909. The molecule has 0 aromatic rings. The van der Waals surface area contributed by atoms with Gasteiger partial charge in [-0.15, -0.1) is 0 Å². The maximum atomic E-state index is 11.6. The SMILES string of the molecule is CC(C)(C)N(CC(=O)O)C1CCCS(=O)(=O)C1. The Balaban J connectivity index is 2.87. The van der Waals surface area contributed by atoms with Crippen LogP contribution in [0.2, 0.25) is 0 Å². The average molecular weight is 263 g/mol.